The van der Waals surface area contributed by atoms with Gasteiger partial charge in [0.05, 0.1) is 26.4 Å². The molecular weight excluding hydrogens is 1400 g/mol. The predicted octanol–water partition coefficient (Wildman–Crippen LogP) is 26.8. The number of ether oxygens (including phenoxy) is 4. The molecule has 0 aliphatic heterocycles. The highest BCUT2D eigenvalue weighted by molar-refractivity contribution is 7.47. The summed E-state index contributed by atoms with van der Waals surface area (Å²) in [5, 5.41) is 10.7. The van der Waals surface area contributed by atoms with Crippen LogP contribution in [0.15, 0.2) is 24.3 Å². The van der Waals surface area contributed by atoms with Crippen LogP contribution in [0.1, 0.15) is 447 Å². The number of aliphatic hydroxyl groups excluding tert-OH is 1. The summed E-state index contributed by atoms with van der Waals surface area (Å²) in [4.78, 5) is 73.2. The fraction of sp³-hybridized carbons (Fsp3) is 0.910. The van der Waals surface area contributed by atoms with Crippen molar-refractivity contribution in [2.24, 2.45) is 17.8 Å². The van der Waals surface area contributed by atoms with Crippen molar-refractivity contribution in [2.75, 3.05) is 39.6 Å². The van der Waals surface area contributed by atoms with E-state index in [0.717, 1.165) is 121 Å². The van der Waals surface area contributed by atoms with Crippen LogP contribution in [-0.2, 0) is 65.4 Å². The first-order valence-electron chi connectivity index (χ1n) is 45.2. The number of carbonyl (C=O) groups excluding carboxylic acids is 4. The highest BCUT2D eigenvalue weighted by Crippen LogP contribution is 2.45. The molecule has 0 aliphatic rings. The summed E-state index contributed by atoms with van der Waals surface area (Å²) >= 11 is 0. The van der Waals surface area contributed by atoms with Gasteiger partial charge in [0.15, 0.2) is 12.2 Å². The number of carbonyl (C=O) groups is 4. The SMILES string of the molecule is CCCCCC/C=C\C=C/CCCCCCCC(=O)O[C@H](COC(=O)CCCCCCCCCCCCCCCCCCCCC(C)CC)COP(=O)(O)OCC(O)COP(=O)(O)OC[C@@H](COC(=O)CCCCCCCCCC(C)C)OC(=O)CCCCCCCCCCCCCCCCCCCCC(C)C. The summed E-state index contributed by atoms with van der Waals surface area (Å²) in [7, 11) is -9.94. The van der Waals surface area contributed by atoms with Gasteiger partial charge in [0, 0.05) is 25.7 Å². The third-order valence-corrected chi connectivity index (χ3v) is 22.5. The van der Waals surface area contributed by atoms with Gasteiger partial charge in [-0.3, -0.25) is 37.3 Å². The summed E-state index contributed by atoms with van der Waals surface area (Å²) in [6.45, 7) is 12.0. The summed E-state index contributed by atoms with van der Waals surface area (Å²) in [6.07, 6.45) is 73.2. The number of esters is 4. The maximum atomic E-state index is 13.1. The average Bonchev–Trinajstić information content (AvgIpc) is 0.897. The van der Waals surface area contributed by atoms with E-state index in [0.29, 0.717) is 31.6 Å². The monoisotopic (exact) mass is 1570 g/mol. The minimum absolute atomic E-state index is 0.0855. The molecule has 0 saturated heterocycles. The first-order chi connectivity index (χ1) is 52.3. The molecule has 17 nitrogen and oxygen atoms in total. The molecule has 4 unspecified atom stereocenters. The molecular formula is C89H170O17P2. The number of unbranched alkanes of at least 4 members (excludes halogenated alkanes) is 49. The second-order valence-corrected chi connectivity index (χ2v) is 35.4. The van der Waals surface area contributed by atoms with Crippen molar-refractivity contribution in [1.29, 1.82) is 0 Å². The van der Waals surface area contributed by atoms with Crippen molar-refractivity contribution < 1.29 is 80.2 Å². The number of phosphoric acid groups is 2. The van der Waals surface area contributed by atoms with Crippen LogP contribution in [0.3, 0.4) is 0 Å². The van der Waals surface area contributed by atoms with E-state index in [-0.39, 0.29) is 25.7 Å². The van der Waals surface area contributed by atoms with Gasteiger partial charge in [-0.15, -0.1) is 0 Å². The van der Waals surface area contributed by atoms with Crippen LogP contribution in [0.25, 0.3) is 0 Å². The zero-order chi connectivity index (χ0) is 79.3. The van der Waals surface area contributed by atoms with Gasteiger partial charge in [-0.2, -0.15) is 0 Å². The molecule has 108 heavy (non-hydrogen) atoms. The predicted molar refractivity (Wildman–Crippen MR) is 446 cm³/mol. The Morgan fingerprint density at radius 1 is 0.306 bits per heavy atom. The molecule has 0 spiro atoms. The number of allylic oxidation sites excluding steroid dienone is 4. The molecule has 0 aromatic heterocycles. The third-order valence-electron chi connectivity index (χ3n) is 20.6. The Labute approximate surface area is 663 Å². The summed E-state index contributed by atoms with van der Waals surface area (Å²) in [5.74, 6) is 0.261. The highest BCUT2D eigenvalue weighted by Gasteiger charge is 2.30. The molecule has 0 bridgehead atoms. The minimum atomic E-state index is -4.97. The van der Waals surface area contributed by atoms with Crippen LogP contribution >= 0.6 is 15.6 Å². The second-order valence-electron chi connectivity index (χ2n) is 32.5. The van der Waals surface area contributed by atoms with Crippen molar-refractivity contribution >= 4 is 39.5 Å². The molecule has 0 amide bonds. The molecule has 0 aliphatic carbocycles. The summed E-state index contributed by atoms with van der Waals surface area (Å²) in [6, 6.07) is 0. The van der Waals surface area contributed by atoms with Crippen molar-refractivity contribution in [3.8, 4) is 0 Å². The average molecular weight is 1570 g/mol. The van der Waals surface area contributed by atoms with Crippen molar-refractivity contribution in [2.45, 2.75) is 465 Å². The molecule has 0 radical (unpaired) electrons. The van der Waals surface area contributed by atoms with Gasteiger partial charge in [0.25, 0.3) is 0 Å². The maximum Gasteiger partial charge on any atom is 0.472 e. The van der Waals surface area contributed by atoms with Crippen molar-refractivity contribution in [3.63, 3.8) is 0 Å². The molecule has 0 heterocycles. The Hall–Kier alpha value is -2.46. The number of aliphatic hydroxyl groups is 1. The van der Waals surface area contributed by atoms with E-state index in [1.165, 1.54) is 238 Å². The van der Waals surface area contributed by atoms with E-state index in [4.69, 9.17) is 37.0 Å². The first-order valence-corrected chi connectivity index (χ1v) is 48.2. The van der Waals surface area contributed by atoms with Gasteiger partial charge in [-0.1, -0.05) is 394 Å². The van der Waals surface area contributed by atoms with Crippen LogP contribution in [0, 0.1) is 17.8 Å². The Morgan fingerprint density at radius 2 is 0.546 bits per heavy atom. The van der Waals surface area contributed by atoms with Gasteiger partial charge < -0.3 is 33.8 Å². The van der Waals surface area contributed by atoms with E-state index in [1.54, 1.807) is 0 Å². The van der Waals surface area contributed by atoms with Crippen LogP contribution in [0.5, 0.6) is 0 Å². The molecule has 638 valence electrons. The summed E-state index contributed by atoms with van der Waals surface area (Å²) in [5.41, 5.74) is 0. The normalized spacial score (nSPS) is 14.2. The van der Waals surface area contributed by atoms with Crippen LogP contribution < -0.4 is 0 Å². The van der Waals surface area contributed by atoms with E-state index < -0.39 is 97.5 Å². The molecule has 19 heteroatoms. The highest BCUT2D eigenvalue weighted by atomic mass is 31.2. The standard InChI is InChI=1S/C89H170O17P2/c1-8-10-11-12-13-14-15-16-25-33-38-43-50-58-65-72-88(93)105-84(76-99-86(91)70-63-56-49-42-37-32-28-23-20-18-22-27-31-36-41-48-55-62-69-82(7)9-2)78-103-107(95,96)101-74-83(90)75-102-108(97,98)104-79-85(77-100-87(92)71-64-57-52-45-47-54-61-68-81(5)6)106-89(94)73-66-59-51-44-39-34-29-24-19-17-21-26-30-35-40-46-53-60-67-80(3)4/h14-16,25,80-85,90H,8-13,17-24,26-79H2,1-7H3,(H,95,96)(H,97,98)/b15-14-,25-16-/t82?,83?,84-,85-/m1/s1. The molecule has 0 rings (SSSR count). The van der Waals surface area contributed by atoms with E-state index in [9.17, 15) is 43.2 Å². The van der Waals surface area contributed by atoms with Gasteiger partial charge in [-0.05, 0) is 69.1 Å². The van der Waals surface area contributed by atoms with Crippen molar-refractivity contribution in [1.82, 2.24) is 0 Å². The Balaban J connectivity index is 5.21. The number of hydrogen-bond donors (Lipinski definition) is 3. The van der Waals surface area contributed by atoms with Crippen LogP contribution in [-0.4, -0.2) is 96.7 Å². The maximum absolute atomic E-state index is 13.1. The van der Waals surface area contributed by atoms with Gasteiger partial charge in [0.2, 0.25) is 0 Å². The van der Waals surface area contributed by atoms with E-state index in [1.807, 2.05) is 0 Å². The Morgan fingerprint density at radius 3 is 0.824 bits per heavy atom. The molecule has 0 fully saturated rings. The lowest BCUT2D eigenvalue weighted by Crippen LogP contribution is -2.30. The Bertz CT molecular complexity index is 2180. The van der Waals surface area contributed by atoms with E-state index in [2.05, 4.69) is 72.8 Å². The lowest BCUT2D eigenvalue weighted by atomic mass is 9.99. The lowest BCUT2D eigenvalue weighted by molar-refractivity contribution is -0.161. The third kappa shape index (κ3) is 80.2. The molecule has 0 aromatic rings. The zero-order valence-corrected chi connectivity index (χ0v) is 72.6. The molecule has 0 aromatic carbocycles. The Kier molecular flexibility index (Phi) is 76.6. The topological polar surface area (TPSA) is 237 Å². The fourth-order valence-corrected chi connectivity index (χ4v) is 14.9. The molecule has 6 atom stereocenters. The number of phosphoric ester groups is 2. The van der Waals surface area contributed by atoms with Gasteiger partial charge in [-0.25, -0.2) is 9.13 Å². The fourth-order valence-electron chi connectivity index (χ4n) is 13.3. The van der Waals surface area contributed by atoms with Gasteiger partial charge in [0.1, 0.15) is 19.3 Å². The quantitative estimate of drug-likeness (QED) is 0.0169. The van der Waals surface area contributed by atoms with Gasteiger partial charge >= 0.3 is 39.5 Å². The smallest absolute Gasteiger partial charge is 0.462 e. The second kappa shape index (κ2) is 78.4. The van der Waals surface area contributed by atoms with Crippen LogP contribution in [0.2, 0.25) is 0 Å². The largest absolute Gasteiger partial charge is 0.472 e. The minimum Gasteiger partial charge on any atom is -0.462 e. The number of rotatable bonds is 85. The van der Waals surface area contributed by atoms with E-state index >= 15 is 0 Å². The molecule has 0 saturated carbocycles. The lowest BCUT2D eigenvalue weighted by Gasteiger charge is -2.21. The van der Waals surface area contributed by atoms with Crippen LogP contribution in [0.4, 0.5) is 0 Å². The number of hydrogen-bond acceptors (Lipinski definition) is 15. The summed E-state index contributed by atoms with van der Waals surface area (Å²) < 4.78 is 68.9. The zero-order valence-electron chi connectivity index (χ0n) is 70.8. The first kappa shape index (κ1) is 106. The molecule has 3 N–H and O–H groups in total. The van der Waals surface area contributed by atoms with Crippen molar-refractivity contribution in [3.05, 3.63) is 24.3 Å².